The lowest BCUT2D eigenvalue weighted by Crippen LogP contribution is -2.21. The molecule has 0 spiro atoms. The first-order valence-corrected chi connectivity index (χ1v) is 5.02. The molecule has 1 aliphatic rings. The van der Waals surface area contributed by atoms with Crippen molar-refractivity contribution in [3.05, 3.63) is 35.1 Å². The number of rotatable bonds is 1. The molecule has 0 saturated heterocycles. The molecule has 15 heavy (non-hydrogen) atoms. The maximum atomic E-state index is 13.3. The highest BCUT2D eigenvalue weighted by Crippen LogP contribution is 2.18. The maximum absolute atomic E-state index is 13.3. The van der Waals surface area contributed by atoms with Gasteiger partial charge < -0.3 is 0 Å². The van der Waals surface area contributed by atoms with E-state index in [2.05, 4.69) is 10.3 Å². The summed E-state index contributed by atoms with van der Waals surface area (Å²) in [6.45, 7) is 6.47. The summed E-state index contributed by atoms with van der Waals surface area (Å²) >= 11 is 0. The molecular formula is C12H14FN2. The Kier molecular flexibility index (Phi) is 2.25. The molecule has 0 aromatic heterocycles. The molecule has 0 aliphatic carbocycles. The Labute approximate surface area is 89.2 Å². The molecule has 0 amide bonds. The van der Waals surface area contributed by atoms with Crippen molar-refractivity contribution >= 4 is 5.84 Å². The van der Waals surface area contributed by atoms with Gasteiger partial charge in [-0.05, 0) is 32.4 Å². The fourth-order valence-electron chi connectivity index (χ4n) is 1.51. The molecule has 0 unspecified atom stereocenters. The van der Waals surface area contributed by atoms with Gasteiger partial charge in [0.2, 0.25) is 0 Å². The molecular weight excluding hydrogens is 191 g/mol. The van der Waals surface area contributed by atoms with Crippen molar-refractivity contribution in [2.45, 2.75) is 26.3 Å². The zero-order valence-corrected chi connectivity index (χ0v) is 9.21. The van der Waals surface area contributed by atoms with E-state index in [0.717, 1.165) is 5.56 Å². The van der Waals surface area contributed by atoms with Crippen molar-refractivity contribution in [1.29, 1.82) is 0 Å². The molecule has 0 saturated carbocycles. The number of halogens is 1. The van der Waals surface area contributed by atoms with E-state index in [1.54, 1.807) is 13.0 Å². The van der Waals surface area contributed by atoms with Crippen LogP contribution in [0.2, 0.25) is 0 Å². The predicted octanol–water partition coefficient (Wildman–Crippen LogP) is 2.28. The van der Waals surface area contributed by atoms with Crippen molar-refractivity contribution in [2.75, 3.05) is 6.54 Å². The molecule has 2 nitrogen and oxygen atoms in total. The van der Waals surface area contributed by atoms with Crippen LogP contribution in [0.4, 0.5) is 4.39 Å². The molecule has 1 aromatic rings. The number of aryl methyl sites for hydroxylation is 1. The molecule has 1 aromatic carbocycles. The van der Waals surface area contributed by atoms with Crippen LogP contribution in [0.25, 0.3) is 0 Å². The summed E-state index contributed by atoms with van der Waals surface area (Å²) in [5.41, 5.74) is 1.27. The predicted molar refractivity (Wildman–Crippen MR) is 58.8 cm³/mol. The van der Waals surface area contributed by atoms with Gasteiger partial charge in [-0.25, -0.2) is 4.39 Å². The Bertz CT molecular complexity index is 422. The van der Waals surface area contributed by atoms with Crippen LogP contribution in [0, 0.1) is 12.7 Å². The van der Waals surface area contributed by atoms with E-state index in [-0.39, 0.29) is 11.4 Å². The third kappa shape index (κ3) is 2.01. The summed E-state index contributed by atoms with van der Waals surface area (Å²) in [6, 6.07) is 5.12. The van der Waals surface area contributed by atoms with E-state index >= 15 is 0 Å². The number of nitrogens with zero attached hydrogens (tertiary/aromatic N) is 2. The minimum Gasteiger partial charge on any atom is -0.264 e. The molecule has 1 heterocycles. The van der Waals surface area contributed by atoms with E-state index in [1.807, 2.05) is 19.9 Å². The van der Waals surface area contributed by atoms with Gasteiger partial charge in [0.1, 0.15) is 5.82 Å². The number of aliphatic imine (C=N–C) groups is 1. The van der Waals surface area contributed by atoms with Crippen LogP contribution < -0.4 is 5.32 Å². The summed E-state index contributed by atoms with van der Waals surface area (Å²) in [5.74, 6) is 0.467. The first kappa shape index (κ1) is 10.1. The molecule has 0 bridgehead atoms. The molecule has 79 valence electrons. The molecule has 0 atom stereocenters. The maximum Gasteiger partial charge on any atom is 0.150 e. The SMILES string of the molecule is Cc1ccc(C2=NC(C)(C)C[N]2)cc1F. The van der Waals surface area contributed by atoms with Gasteiger partial charge in [0.15, 0.2) is 5.84 Å². The van der Waals surface area contributed by atoms with E-state index in [1.165, 1.54) is 6.07 Å². The Morgan fingerprint density at radius 3 is 2.60 bits per heavy atom. The first-order valence-electron chi connectivity index (χ1n) is 5.02. The third-order valence-electron chi connectivity index (χ3n) is 2.45. The molecule has 0 N–H and O–H groups in total. The van der Waals surface area contributed by atoms with Crippen molar-refractivity contribution in [3.8, 4) is 0 Å². The summed E-state index contributed by atoms with van der Waals surface area (Å²) in [5, 5.41) is 4.31. The van der Waals surface area contributed by atoms with Gasteiger partial charge in [0, 0.05) is 5.56 Å². The molecule has 1 aliphatic heterocycles. The minimum atomic E-state index is -0.199. The second-order valence-electron chi connectivity index (χ2n) is 4.53. The van der Waals surface area contributed by atoms with Gasteiger partial charge in [-0.15, -0.1) is 0 Å². The van der Waals surface area contributed by atoms with E-state index < -0.39 is 0 Å². The van der Waals surface area contributed by atoms with Gasteiger partial charge in [0.05, 0.1) is 12.1 Å². The number of hydrogen-bond donors (Lipinski definition) is 0. The second-order valence-corrected chi connectivity index (χ2v) is 4.53. The molecule has 3 heteroatoms. The smallest absolute Gasteiger partial charge is 0.150 e. The fraction of sp³-hybridized carbons (Fsp3) is 0.417. The van der Waals surface area contributed by atoms with Crippen LogP contribution in [0.1, 0.15) is 25.0 Å². The van der Waals surface area contributed by atoms with E-state index in [0.29, 0.717) is 17.9 Å². The largest absolute Gasteiger partial charge is 0.264 e. The topological polar surface area (TPSA) is 26.5 Å². The van der Waals surface area contributed by atoms with Gasteiger partial charge in [-0.2, -0.15) is 0 Å². The van der Waals surface area contributed by atoms with Gasteiger partial charge in [-0.3, -0.25) is 10.3 Å². The highest BCUT2D eigenvalue weighted by atomic mass is 19.1. The van der Waals surface area contributed by atoms with Crippen LogP contribution in [-0.4, -0.2) is 17.9 Å². The first-order chi connectivity index (χ1) is 6.98. The lowest BCUT2D eigenvalue weighted by molar-refractivity contribution is 0.546. The van der Waals surface area contributed by atoms with Gasteiger partial charge in [-0.1, -0.05) is 12.1 Å². The number of hydrogen-bond acceptors (Lipinski definition) is 1. The third-order valence-corrected chi connectivity index (χ3v) is 2.45. The average molecular weight is 205 g/mol. The van der Waals surface area contributed by atoms with Crippen molar-refractivity contribution in [3.63, 3.8) is 0 Å². The zero-order chi connectivity index (χ0) is 11.1. The summed E-state index contributed by atoms with van der Waals surface area (Å²) < 4.78 is 13.3. The number of benzene rings is 1. The van der Waals surface area contributed by atoms with Crippen LogP contribution in [0.5, 0.6) is 0 Å². The minimum absolute atomic E-state index is 0.142. The Morgan fingerprint density at radius 1 is 1.33 bits per heavy atom. The van der Waals surface area contributed by atoms with Crippen LogP contribution >= 0.6 is 0 Å². The van der Waals surface area contributed by atoms with Crippen molar-refractivity contribution in [2.24, 2.45) is 4.99 Å². The van der Waals surface area contributed by atoms with Crippen molar-refractivity contribution < 1.29 is 4.39 Å². The molecule has 1 radical (unpaired) electrons. The standard InChI is InChI=1S/C12H14FN2/c1-8-4-5-9(6-10(8)13)11-14-7-12(2,3)15-11/h4-6H,7H2,1-3H3. The van der Waals surface area contributed by atoms with Crippen LogP contribution in [-0.2, 0) is 0 Å². The van der Waals surface area contributed by atoms with Gasteiger partial charge >= 0.3 is 0 Å². The quantitative estimate of drug-likeness (QED) is 0.672. The van der Waals surface area contributed by atoms with Crippen LogP contribution in [0.3, 0.4) is 0 Å². The van der Waals surface area contributed by atoms with E-state index in [9.17, 15) is 4.39 Å². The lowest BCUT2D eigenvalue weighted by atomic mass is 10.1. The highest BCUT2D eigenvalue weighted by Gasteiger charge is 2.26. The monoisotopic (exact) mass is 205 g/mol. The average Bonchev–Trinajstić information content (AvgIpc) is 2.51. The Balaban J connectivity index is 2.36. The zero-order valence-electron chi connectivity index (χ0n) is 9.21. The summed E-state index contributed by atoms with van der Waals surface area (Å²) in [7, 11) is 0. The molecule has 0 fully saturated rings. The van der Waals surface area contributed by atoms with E-state index in [4.69, 9.17) is 0 Å². The molecule has 2 rings (SSSR count). The van der Waals surface area contributed by atoms with Crippen LogP contribution in [0.15, 0.2) is 23.2 Å². The summed E-state index contributed by atoms with van der Waals surface area (Å²) in [4.78, 5) is 4.44. The van der Waals surface area contributed by atoms with Gasteiger partial charge in [0.25, 0.3) is 0 Å². The highest BCUT2D eigenvalue weighted by molar-refractivity contribution is 6.00. The second kappa shape index (κ2) is 3.33. The summed E-state index contributed by atoms with van der Waals surface area (Å²) in [6.07, 6.45) is 0. The lowest BCUT2D eigenvalue weighted by Gasteiger charge is -2.08. The number of amidine groups is 1. The Morgan fingerprint density at radius 2 is 2.07 bits per heavy atom. The Hall–Kier alpha value is -1.38. The van der Waals surface area contributed by atoms with Crippen molar-refractivity contribution in [1.82, 2.24) is 5.32 Å². The fourth-order valence-corrected chi connectivity index (χ4v) is 1.51. The normalized spacial score (nSPS) is 18.5.